The van der Waals surface area contributed by atoms with E-state index in [1.54, 1.807) is 12.1 Å². The third-order valence-electron chi connectivity index (χ3n) is 2.47. The van der Waals surface area contributed by atoms with Gasteiger partial charge in [0.05, 0.1) is 25.2 Å². The molecule has 0 aliphatic carbocycles. The van der Waals surface area contributed by atoms with Crippen LogP contribution in [0, 0.1) is 18.3 Å². The fourth-order valence-electron chi connectivity index (χ4n) is 1.58. The zero-order valence-electron chi connectivity index (χ0n) is 10.8. The first-order valence-electron chi connectivity index (χ1n) is 5.59. The minimum Gasteiger partial charge on any atom is -0.466 e. The van der Waals surface area contributed by atoms with Gasteiger partial charge in [0.15, 0.2) is 0 Å². The van der Waals surface area contributed by atoms with Crippen molar-refractivity contribution in [3.63, 3.8) is 0 Å². The number of aryl methyl sites for hydroxylation is 1. The average Bonchev–Trinajstić information content (AvgIpc) is 2.40. The minimum atomic E-state index is -0.555. The maximum absolute atomic E-state index is 11.5. The Balaban J connectivity index is 3.25. The number of nitrogens with zero attached hydrogens (tertiary/aromatic N) is 1. The second kappa shape index (κ2) is 6.97. The number of hydrogen-bond acceptors (Lipinski definition) is 4. The Hall–Kier alpha value is -2.61. The topological polar surface area (TPSA) is 79.2 Å². The fourth-order valence-corrected chi connectivity index (χ4v) is 1.58. The Morgan fingerprint density at radius 3 is 2.84 bits per heavy atom. The first-order valence-corrected chi connectivity index (χ1v) is 5.59. The molecule has 1 amide bonds. The molecule has 0 heterocycles. The Morgan fingerprint density at radius 2 is 2.26 bits per heavy atom. The molecule has 0 bridgehead atoms. The first-order chi connectivity index (χ1) is 9.12. The van der Waals surface area contributed by atoms with E-state index in [0.717, 1.165) is 5.56 Å². The molecular weight excluding hydrogens is 244 g/mol. The summed E-state index contributed by atoms with van der Waals surface area (Å²) < 4.78 is 4.62. The predicted octanol–water partition coefficient (Wildman–Crippen LogP) is 2.03. The van der Waals surface area contributed by atoms with Crippen LogP contribution in [0.1, 0.15) is 17.5 Å². The number of carbonyl (C=O) groups is 2. The van der Waals surface area contributed by atoms with E-state index in [4.69, 9.17) is 5.26 Å². The van der Waals surface area contributed by atoms with Crippen molar-refractivity contribution >= 4 is 24.1 Å². The summed E-state index contributed by atoms with van der Waals surface area (Å²) in [6.45, 7) is 1.89. The molecule has 0 unspecified atom stereocenters. The number of rotatable bonds is 5. The van der Waals surface area contributed by atoms with Gasteiger partial charge in [-0.05, 0) is 30.7 Å². The van der Waals surface area contributed by atoms with Crippen molar-refractivity contribution in [2.45, 2.75) is 13.3 Å². The summed E-state index contributed by atoms with van der Waals surface area (Å²) in [5.41, 5.74) is 2.44. The minimum absolute atomic E-state index is 0.0544. The van der Waals surface area contributed by atoms with Gasteiger partial charge in [0.1, 0.15) is 0 Å². The molecule has 1 rings (SSSR count). The molecule has 0 radical (unpaired) electrons. The summed E-state index contributed by atoms with van der Waals surface area (Å²) >= 11 is 0. The molecule has 0 fully saturated rings. The van der Waals surface area contributed by atoms with Crippen LogP contribution in [0.3, 0.4) is 0 Å². The van der Waals surface area contributed by atoms with E-state index in [2.05, 4.69) is 10.1 Å². The lowest BCUT2D eigenvalue weighted by Crippen LogP contribution is -2.05. The van der Waals surface area contributed by atoms with Crippen LogP contribution in [0.4, 0.5) is 5.69 Å². The molecule has 1 aromatic rings. The van der Waals surface area contributed by atoms with E-state index in [0.29, 0.717) is 17.7 Å². The van der Waals surface area contributed by atoms with Gasteiger partial charge in [0.2, 0.25) is 6.41 Å². The van der Waals surface area contributed by atoms with E-state index >= 15 is 0 Å². The first kappa shape index (κ1) is 14.5. The second-order valence-electron chi connectivity index (χ2n) is 3.85. The smallest absolute Gasteiger partial charge is 0.334 e. The number of amides is 1. The number of anilines is 1. The number of hydrogen-bond donors (Lipinski definition) is 1. The van der Waals surface area contributed by atoms with E-state index in [1.165, 1.54) is 7.11 Å². The largest absolute Gasteiger partial charge is 0.466 e. The molecule has 0 saturated carbocycles. The van der Waals surface area contributed by atoms with Gasteiger partial charge < -0.3 is 10.1 Å². The molecule has 0 aromatic heterocycles. The molecule has 1 aromatic carbocycles. The van der Waals surface area contributed by atoms with E-state index in [9.17, 15) is 9.59 Å². The van der Waals surface area contributed by atoms with Crippen LogP contribution >= 0.6 is 0 Å². The van der Waals surface area contributed by atoms with Crippen molar-refractivity contribution in [3.8, 4) is 6.07 Å². The number of carbonyl (C=O) groups excluding carboxylic acids is 2. The van der Waals surface area contributed by atoms with Crippen molar-refractivity contribution < 1.29 is 14.3 Å². The van der Waals surface area contributed by atoms with Crippen molar-refractivity contribution in [2.75, 3.05) is 12.4 Å². The lowest BCUT2D eigenvalue weighted by atomic mass is 10.0. The molecule has 0 aliphatic rings. The maximum atomic E-state index is 11.5. The maximum Gasteiger partial charge on any atom is 0.334 e. The molecule has 1 N–H and O–H groups in total. The molecule has 98 valence electrons. The summed E-state index contributed by atoms with van der Waals surface area (Å²) in [5, 5.41) is 11.3. The van der Waals surface area contributed by atoms with Gasteiger partial charge in [0, 0.05) is 5.69 Å². The van der Waals surface area contributed by atoms with Crippen LogP contribution in [0.25, 0.3) is 6.08 Å². The van der Waals surface area contributed by atoms with E-state index in [1.807, 2.05) is 25.1 Å². The molecule has 0 atom stereocenters. The van der Waals surface area contributed by atoms with Crippen LogP contribution in [0.15, 0.2) is 23.8 Å². The summed E-state index contributed by atoms with van der Waals surface area (Å²) in [5.74, 6) is -0.555. The number of ether oxygens (including phenoxy) is 1. The standard InChI is InChI=1S/C14H14N2O3/c1-10-3-4-13(16-9-17)12(7-10)8-11(5-6-15)14(18)19-2/h3-4,7-9H,5H2,1-2H3,(H,16,17)/b11-8+. The Labute approximate surface area is 111 Å². The van der Waals surface area contributed by atoms with Crippen LogP contribution < -0.4 is 5.32 Å². The highest BCUT2D eigenvalue weighted by Crippen LogP contribution is 2.21. The lowest BCUT2D eigenvalue weighted by molar-refractivity contribution is -0.136. The Bertz CT molecular complexity index is 556. The average molecular weight is 258 g/mol. The number of benzene rings is 1. The molecule has 5 nitrogen and oxygen atoms in total. The predicted molar refractivity (Wildman–Crippen MR) is 71.1 cm³/mol. The van der Waals surface area contributed by atoms with Crippen LogP contribution in [-0.2, 0) is 14.3 Å². The number of nitriles is 1. The molecular formula is C14H14N2O3. The highest BCUT2D eigenvalue weighted by atomic mass is 16.5. The normalized spacial score (nSPS) is 10.5. The van der Waals surface area contributed by atoms with Crippen molar-refractivity contribution in [1.82, 2.24) is 0 Å². The van der Waals surface area contributed by atoms with Gasteiger partial charge in [-0.3, -0.25) is 4.79 Å². The quantitative estimate of drug-likeness (QED) is 0.498. The van der Waals surface area contributed by atoms with Gasteiger partial charge in [-0.25, -0.2) is 4.79 Å². The Kier molecular flexibility index (Phi) is 5.30. The van der Waals surface area contributed by atoms with Crippen molar-refractivity contribution in [1.29, 1.82) is 5.26 Å². The number of nitrogens with one attached hydrogen (secondary N) is 1. The fraction of sp³-hybridized carbons (Fsp3) is 0.214. The van der Waals surface area contributed by atoms with E-state index in [-0.39, 0.29) is 12.0 Å². The lowest BCUT2D eigenvalue weighted by Gasteiger charge is -2.07. The second-order valence-corrected chi connectivity index (χ2v) is 3.85. The number of esters is 1. The highest BCUT2D eigenvalue weighted by Gasteiger charge is 2.10. The highest BCUT2D eigenvalue weighted by molar-refractivity contribution is 5.95. The monoisotopic (exact) mass is 258 g/mol. The van der Waals surface area contributed by atoms with Crippen LogP contribution in [0.5, 0.6) is 0 Å². The molecule has 0 saturated heterocycles. The summed E-state index contributed by atoms with van der Waals surface area (Å²) in [4.78, 5) is 22.1. The molecule has 0 spiro atoms. The zero-order valence-corrected chi connectivity index (χ0v) is 10.8. The molecule has 19 heavy (non-hydrogen) atoms. The van der Waals surface area contributed by atoms with E-state index < -0.39 is 5.97 Å². The van der Waals surface area contributed by atoms with Gasteiger partial charge in [-0.1, -0.05) is 11.6 Å². The SMILES string of the molecule is COC(=O)/C(=C/c1cc(C)ccc1NC=O)CC#N. The Morgan fingerprint density at radius 1 is 1.53 bits per heavy atom. The summed E-state index contributed by atoms with van der Waals surface area (Å²) in [6.07, 6.45) is 2.05. The zero-order chi connectivity index (χ0) is 14.3. The summed E-state index contributed by atoms with van der Waals surface area (Å²) in [7, 11) is 1.26. The van der Waals surface area contributed by atoms with Gasteiger partial charge in [-0.15, -0.1) is 0 Å². The summed E-state index contributed by atoms with van der Waals surface area (Å²) in [6, 6.07) is 7.29. The molecule has 0 aliphatic heterocycles. The van der Waals surface area contributed by atoms with Gasteiger partial charge in [0.25, 0.3) is 0 Å². The van der Waals surface area contributed by atoms with Crippen LogP contribution in [0.2, 0.25) is 0 Å². The third kappa shape index (κ3) is 3.96. The van der Waals surface area contributed by atoms with Crippen molar-refractivity contribution in [2.24, 2.45) is 0 Å². The van der Waals surface area contributed by atoms with Gasteiger partial charge in [-0.2, -0.15) is 5.26 Å². The van der Waals surface area contributed by atoms with Crippen molar-refractivity contribution in [3.05, 3.63) is 34.9 Å². The van der Waals surface area contributed by atoms with Crippen LogP contribution in [-0.4, -0.2) is 19.5 Å². The van der Waals surface area contributed by atoms with Gasteiger partial charge >= 0.3 is 5.97 Å². The molecule has 5 heteroatoms. The third-order valence-corrected chi connectivity index (χ3v) is 2.47. The number of methoxy groups -OCH3 is 1.